The molecule has 1 N–H and O–H groups in total. The third-order valence-corrected chi connectivity index (χ3v) is 9.74. The fraction of sp³-hybridized carbons (Fsp3) is 0.483. The molecule has 0 saturated carbocycles. The van der Waals surface area contributed by atoms with E-state index in [4.69, 9.17) is 0 Å². The van der Waals surface area contributed by atoms with E-state index in [2.05, 4.69) is 5.32 Å². The lowest BCUT2D eigenvalue weighted by Gasteiger charge is -2.46. The van der Waals surface area contributed by atoms with Gasteiger partial charge in [-0.2, -0.15) is 0 Å². The normalized spacial score (nSPS) is 23.7. The molecule has 0 spiro atoms. The number of amides is 3. The van der Waals surface area contributed by atoms with Crippen molar-refractivity contribution < 1.29 is 31.6 Å². The summed E-state index contributed by atoms with van der Waals surface area (Å²) >= 11 is 0. The van der Waals surface area contributed by atoms with Crippen molar-refractivity contribution in [2.45, 2.75) is 51.2 Å². The van der Waals surface area contributed by atoms with Crippen LogP contribution in [0.3, 0.4) is 0 Å². The zero-order valence-corrected chi connectivity index (χ0v) is 23.3. The fourth-order valence-electron chi connectivity index (χ4n) is 6.10. The number of benzene rings is 2. The van der Waals surface area contributed by atoms with Crippen LogP contribution in [0.4, 0.5) is 8.78 Å². The van der Waals surface area contributed by atoms with E-state index in [-0.39, 0.29) is 48.4 Å². The van der Waals surface area contributed by atoms with Crippen molar-refractivity contribution in [3.8, 4) is 0 Å². The van der Waals surface area contributed by atoms with E-state index in [9.17, 15) is 27.2 Å². The monoisotopic (exact) mass is 573 g/mol. The van der Waals surface area contributed by atoms with Crippen LogP contribution in [0.2, 0.25) is 0 Å². The van der Waals surface area contributed by atoms with Crippen LogP contribution in [0.1, 0.15) is 43.0 Å². The first-order valence-corrected chi connectivity index (χ1v) is 15.4. The van der Waals surface area contributed by atoms with Gasteiger partial charge in [-0.3, -0.25) is 14.4 Å². The van der Waals surface area contributed by atoms with Crippen LogP contribution in [0.25, 0.3) is 0 Å². The highest BCUT2D eigenvalue weighted by molar-refractivity contribution is 7.91. The van der Waals surface area contributed by atoms with Crippen LogP contribution in [0, 0.1) is 23.5 Å². The Balaban J connectivity index is 1.57. The van der Waals surface area contributed by atoms with Gasteiger partial charge in [-0.05, 0) is 48.3 Å². The molecular formula is C29H33F2N3O5S. The largest absolute Gasteiger partial charge is 0.342 e. The zero-order chi connectivity index (χ0) is 28.8. The quantitative estimate of drug-likeness (QED) is 0.572. The van der Waals surface area contributed by atoms with E-state index >= 15 is 4.39 Å². The van der Waals surface area contributed by atoms with Crippen molar-refractivity contribution in [3.05, 3.63) is 70.8 Å². The Bertz CT molecular complexity index is 1410. The van der Waals surface area contributed by atoms with Crippen LogP contribution in [0.15, 0.2) is 42.5 Å². The first-order chi connectivity index (χ1) is 18.9. The summed E-state index contributed by atoms with van der Waals surface area (Å²) in [5.74, 6) is -4.32. The molecule has 2 aromatic rings. The van der Waals surface area contributed by atoms with Crippen LogP contribution >= 0.6 is 0 Å². The average molecular weight is 574 g/mol. The number of nitrogens with one attached hydrogen (secondary N) is 1. The van der Waals surface area contributed by atoms with E-state index in [1.165, 1.54) is 9.80 Å². The van der Waals surface area contributed by atoms with Gasteiger partial charge in [-0.1, -0.05) is 44.2 Å². The van der Waals surface area contributed by atoms with Gasteiger partial charge in [0.05, 0.1) is 11.5 Å². The topological polar surface area (TPSA) is 104 Å². The molecule has 11 heteroatoms. The molecule has 8 nitrogen and oxygen atoms in total. The summed E-state index contributed by atoms with van der Waals surface area (Å²) < 4.78 is 53.4. The molecule has 3 amide bonds. The summed E-state index contributed by atoms with van der Waals surface area (Å²) in [4.78, 5) is 44.5. The second-order valence-corrected chi connectivity index (χ2v) is 13.7. The summed E-state index contributed by atoms with van der Waals surface area (Å²) in [6.07, 6.45) is 1.34. The highest BCUT2D eigenvalue weighted by Gasteiger charge is 2.50. The minimum Gasteiger partial charge on any atom is -0.342 e. The van der Waals surface area contributed by atoms with Crippen molar-refractivity contribution in [1.29, 1.82) is 0 Å². The number of halogens is 2. The number of carbonyl (C=O) groups excluding carboxylic acids is 3. The predicted molar refractivity (Wildman–Crippen MR) is 144 cm³/mol. The molecule has 2 aromatic carbocycles. The molecule has 2 fully saturated rings. The van der Waals surface area contributed by atoms with Crippen LogP contribution in [0.5, 0.6) is 0 Å². The molecule has 214 valence electrons. The van der Waals surface area contributed by atoms with Gasteiger partial charge in [-0.25, -0.2) is 17.2 Å². The maximum absolute atomic E-state index is 15.4. The van der Waals surface area contributed by atoms with Gasteiger partial charge < -0.3 is 15.1 Å². The molecule has 2 aliphatic heterocycles. The second kappa shape index (κ2) is 10.9. The van der Waals surface area contributed by atoms with Gasteiger partial charge in [0.15, 0.2) is 9.84 Å². The lowest BCUT2D eigenvalue weighted by atomic mass is 9.87. The molecule has 40 heavy (non-hydrogen) atoms. The van der Waals surface area contributed by atoms with E-state index in [0.29, 0.717) is 18.9 Å². The van der Waals surface area contributed by atoms with E-state index < -0.39 is 57.3 Å². The maximum Gasteiger partial charge on any atom is 0.250 e. The van der Waals surface area contributed by atoms with Gasteiger partial charge >= 0.3 is 0 Å². The van der Waals surface area contributed by atoms with Crippen LogP contribution in [-0.2, 0) is 37.1 Å². The smallest absolute Gasteiger partial charge is 0.250 e. The average Bonchev–Trinajstić information content (AvgIpc) is 3.32. The molecule has 0 aromatic heterocycles. The Labute approximate surface area is 232 Å². The highest BCUT2D eigenvalue weighted by Crippen LogP contribution is 2.37. The van der Waals surface area contributed by atoms with Crippen molar-refractivity contribution in [2.75, 3.05) is 24.6 Å². The fourth-order valence-corrected chi connectivity index (χ4v) is 7.31. The van der Waals surface area contributed by atoms with Crippen molar-refractivity contribution >= 4 is 27.6 Å². The van der Waals surface area contributed by atoms with E-state index in [0.717, 1.165) is 23.3 Å². The lowest BCUT2D eigenvalue weighted by Crippen LogP contribution is -2.67. The van der Waals surface area contributed by atoms with Crippen molar-refractivity contribution in [3.63, 3.8) is 0 Å². The van der Waals surface area contributed by atoms with Gasteiger partial charge in [-0.15, -0.1) is 0 Å². The van der Waals surface area contributed by atoms with Crippen molar-refractivity contribution in [2.24, 2.45) is 11.8 Å². The van der Waals surface area contributed by atoms with Gasteiger partial charge in [0.2, 0.25) is 17.7 Å². The molecule has 2 heterocycles. The number of sulfone groups is 1. The Morgan fingerprint density at radius 1 is 1.02 bits per heavy atom. The Morgan fingerprint density at radius 3 is 2.23 bits per heavy atom. The molecule has 2 saturated heterocycles. The Morgan fingerprint density at radius 2 is 1.65 bits per heavy atom. The van der Waals surface area contributed by atoms with Gasteiger partial charge in [0, 0.05) is 24.7 Å². The SMILES string of the molecule is CC(C)C[C@@H]1C(=O)NC(C2Cc3ccccc3C2)C(=O)N1[C@@H](C(=O)N1CCS(=O)(=O)CC1)c1ccc(F)cc1F. The first kappa shape index (κ1) is 28.2. The maximum atomic E-state index is 15.4. The van der Waals surface area contributed by atoms with Crippen LogP contribution in [-0.4, -0.2) is 72.6 Å². The molecular weight excluding hydrogens is 540 g/mol. The number of rotatable bonds is 6. The predicted octanol–water partition coefficient (Wildman–Crippen LogP) is 2.42. The summed E-state index contributed by atoms with van der Waals surface area (Å²) in [7, 11) is -3.33. The molecule has 3 atom stereocenters. The third-order valence-electron chi connectivity index (χ3n) is 8.13. The lowest BCUT2D eigenvalue weighted by molar-refractivity contribution is -0.160. The first-order valence-electron chi connectivity index (χ1n) is 13.6. The molecule has 1 unspecified atom stereocenters. The van der Waals surface area contributed by atoms with Gasteiger partial charge in [0.1, 0.15) is 29.8 Å². The number of hydrogen-bond acceptors (Lipinski definition) is 5. The number of fused-ring (bicyclic) bond motifs is 1. The molecule has 0 bridgehead atoms. The number of carbonyl (C=O) groups is 3. The van der Waals surface area contributed by atoms with Gasteiger partial charge in [0.25, 0.3) is 0 Å². The standard InChI is InChI=1S/C29H33F2N3O5S/c1-17(2)13-24-27(35)32-25(20-14-18-5-3-4-6-19(18)15-20)28(36)34(24)26(22-8-7-21(30)16-23(22)31)29(37)33-9-11-40(38,39)12-10-33/h3-8,16-17,20,24-26H,9-15H2,1-2H3,(H,32,35)/t24-,25?,26-/m1/s1. The number of hydrogen-bond donors (Lipinski definition) is 1. The molecule has 0 radical (unpaired) electrons. The van der Waals surface area contributed by atoms with E-state index in [1.807, 2.05) is 38.1 Å². The third kappa shape index (κ3) is 5.48. The summed E-state index contributed by atoms with van der Waals surface area (Å²) in [5, 5.41) is 2.90. The van der Waals surface area contributed by atoms with Crippen LogP contribution < -0.4 is 5.32 Å². The van der Waals surface area contributed by atoms with Crippen molar-refractivity contribution in [1.82, 2.24) is 15.1 Å². The molecule has 5 rings (SSSR count). The number of nitrogens with zero attached hydrogens (tertiary/aromatic N) is 2. The minimum absolute atomic E-state index is 0.0488. The minimum atomic E-state index is -3.33. The Kier molecular flexibility index (Phi) is 7.69. The summed E-state index contributed by atoms with van der Waals surface area (Å²) in [6, 6.07) is 7.00. The second-order valence-electron chi connectivity index (χ2n) is 11.4. The highest BCUT2D eigenvalue weighted by atomic mass is 32.2. The number of piperazine rings is 1. The molecule has 3 aliphatic rings. The van der Waals surface area contributed by atoms with E-state index in [1.54, 1.807) is 0 Å². The molecule has 1 aliphatic carbocycles. The summed E-state index contributed by atoms with van der Waals surface area (Å²) in [6.45, 7) is 3.51. The Hall–Kier alpha value is -3.34. The zero-order valence-electron chi connectivity index (χ0n) is 22.5. The summed E-state index contributed by atoms with van der Waals surface area (Å²) in [5.41, 5.74) is 1.93.